The zero-order valence-corrected chi connectivity index (χ0v) is 21.0. The molecule has 11 heteroatoms. The smallest absolute Gasteiger partial charge is 0.243 e. The molecule has 1 aliphatic heterocycles. The lowest BCUT2D eigenvalue weighted by atomic mass is 9.99. The Labute approximate surface area is 205 Å². The van der Waals surface area contributed by atoms with Crippen LogP contribution in [0.2, 0.25) is 0 Å². The molecule has 33 heavy (non-hydrogen) atoms. The minimum Gasteiger partial charge on any atom is -0.355 e. The molecule has 2 aromatic carbocycles. The molecule has 4 rings (SSSR count). The fourth-order valence-corrected chi connectivity index (χ4v) is 6.07. The van der Waals surface area contributed by atoms with Crippen LogP contribution in [0.4, 0.5) is 0 Å². The normalized spacial score (nSPS) is 17.1. The number of sulfonamides is 1. The summed E-state index contributed by atoms with van der Waals surface area (Å²) in [5.74, 6) is 0.843. The van der Waals surface area contributed by atoms with E-state index in [-0.39, 0.29) is 23.3 Å². The van der Waals surface area contributed by atoms with Crippen LogP contribution in [0, 0.1) is 5.92 Å². The van der Waals surface area contributed by atoms with Gasteiger partial charge in [-0.15, -0.1) is 5.10 Å². The van der Waals surface area contributed by atoms with Gasteiger partial charge in [-0.05, 0) is 37.1 Å². The number of carbonyl (C=O) groups is 1. The number of aromatic nitrogens is 3. The molecule has 1 saturated heterocycles. The molecule has 1 unspecified atom stereocenters. The van der Waals surface area contributed by atoms with Crippen molar-refractivity contribution in [2.24, 2.45) is 5.92 Å². The third-order valence-corrected chi connectivity index (χ3v) is 8.61. The maximum absolute atomic E-state index is 12.9. The van der Waals surface area contributed by atoms with E-state index in [1.807, 2.05) is 30.3 Å². The molecule has 174 valence electrons. The van der Waals surface area contributed by atoms with Crippen molar-refractivity contribution in [1.82, 2.24) is 24.8 Å². The molecular weight excluding hydrogens is 526 g/mol. The summed E-state index contributed by atoms with van der Waals surface area (Å²) >= 11 is 4.77. The zero-order chi connectivity index (χ0) is 23.3. The van der Waals surface area contributed by atoms with Crippen molar-refractivity contribution in [2.45, 2.75) is 22.9 Å². The lowest BCUT2D eigenvalue weighted by molar-refractivity contribution is -0.125. The van der Waals surface area contributed by atoms with Gasteiger partial charge in [0.05, 0.1) is 10.8 Å². The summed E-state index contributed by atoms with van der Waals surface area (Å²) in [6, 6.07) is 16.3. The SMILES string of the molecule is O=C(NCCSc1n[nH]c(-c2ccccc2)n1)C1CCCN(S(=O)(=O)c2ccc(Br)cc2)C1. The quantitative estimate of drug-likeness (QED) is 0.328. The van der Waals surface area contributed by atoms with E-state index in [0.29, 0.717) is 42.7 Å². The largest absolute Gasteiger partial charge is 0.355 e. The van der Waals surface area contributed by atoms with Gasteiger partial charge in [0.1, 0.15) is 0 Å². The Kier molecular flexibility index (Phi) is 7.84. The number of H-pyrrole nitrogens is 1. The van der Waals surface area contributed by atoms with E-state index in [2.05, 4.69) is 36.4 Å². The maximum atomic E-state index is 12.9. The summed E-state index contributed by atoms with van der Waals surface area (Å²) in [6.45, 7) is 1.07. The number of nitrogens with one attached hydrogen (secondary N) is 2. The Bertz CT molecular complexity index is 1190. The van der Waals surface area contributed by atoms with Crippen molar-refractivity contribution in [3.05, 3.63) is 59.1 Å². The monoisotopic (exact) mass is 549 g/mol. The van der Waals surface area contributed by atoms with E-state index < -0.39 is 10.0 Å². The minimum absolute atomic E-state index is 0.119. The second-order valence-corrected chi connectivity index (χ2v) is 11.5. The summed E-state index contributed by atoms with van der Waals surface area (Å²) < 4.78 is 28.1. The van der Waals surface area contributed by atoms with E-state index in [4.69, 9.17) is 0 Å². The van der Waals surface area contributed by atoms with Gasteiger partial charge in [0.25, 0.3) is 0 Å². The summed E-state index contributed by atoms with van der Waals surface area (Å²) in [4.78, 5) is 17.4. The molecule has 0 aliphatic carbocycles. The highest BCUT2D eigenvalue weighted by Crippen LogP contribution is 2.25. The maximum Gasteiger partial charge on any atom is 0.243 e. The van der Waals surface area contributed by atoms with Crippen LogP contribution in [0.15, 0.2) is 69.1 Å². The number of nitrogens with zero attached hydrogens (tertiary/aromatic N) is 3. The fourth-order valence-electron chi connectivity index (χ4n) is 3.63. The number of hydrogen-bond acceptors (Lipinski definition) is 6. The van der Waals surface area contributed by atoms with Crippen LogP contribution >= 0.6 is 27.7 Å². The molecular formula is C22H24BrN5O3S2. The summed E-state index contributed by atoms with van der Waals surface area (Å²) in [7, 11) is -3.62. The Morgan fingerprint density at radius 1 is 1.18 bits per heavy atom. The molecule has 0 bridgehead atoms. The first-order valence-corrected chi connectivity index (χ1v) is 13.8. The number of piperidine rings is 1. The molecule has 0 spiro atoms. The first-order chi connectivity index (χ1) is 15.9. The van der Waals surface area contributed by atoms with Crippen molar-refractivity contribution < 1.29 is 13.2 Å². The van der Waals surface area contributed by atoms with Crippen LogP contribution in [-0.4, -0.2) is 59.2 Å². The highest BCUT2D eigenvalue weighted by Gasteiger charge is 2.33. The van der Waals surface area contributed by atoms with Crippen LogP contribution in [0.1, 0.15) is 12.8 Å². The number of carbonyl (C=O) groups excluding carboxylic acids is 1. The average Bonchev–Trinajstić information content (AvgIpc) is 3.32. The van der Waals surface area contributed by atoms with Gasteiger partial charge in [-0.2, -0.15) is 4.31 Å². The molecule has 1 fully saturated rings. The summed E-state index contributed by atoms with van der Waals surface area (Å²) in [5.41, 5.74) is 0.963. The van der Waals surface area contributed by atoms with E-state index >= 15 is 0 Å². The van der Waals surface area contributed by atoms with Gasteiger partial charge in [0, 0.05) is 35.4 Å². The molecule has 8 nitrogen and oxygen atoms in total. The third-order valence-electron chi connectivity index (χ3n) is 5.35. The van der Waals surface area contributed by atoms with Crippen molar-refractivity contribution in [2.75, 3.05) is 25.4 Å². The Morgan fingerprint density at radius 2 is 1.94 bits per heavy atom. The number of amides is 1. The number of hydrogen-bond donors (Lipinski definition) is 2. The number of aromatic amines is 1. The van der Waals surface area contributed by atoms with Gasteiger partial charge in [-0.1, -0.05) is 58.0 Å². The fraction of sp³-hybridized carbons (Fsp3) is 0.318. The number of halogens is 1. The Morgan fingerprint density at radius 3 is 2.70 bits per heavy atom. The third kappa shape index (κ3) is 6.03. The standard InChI is InChI=1S/C22H24BrN5O3S2/c23-18-8-10-19(11-9-18)33(30,31)28-13-4-7-17(15-28)21(29)24-12-14-32-22-25-20(26-27-22)16-5-2-1-3-6-16/h1-3,5-6,8-11,17H,4,7,12-15H2,(H,24,29)(H,25,26,27). The van der Waals surface area contributed by atoms with E-state index in [1.54, 1.807) is 24.3 Å². The molecule has 1 aromatic heterocycles. The van der Waals surface area contributed by atoms with Crippen LogP contribution < -0.4 is 5.32 Å². The molecule has 2 N–H and O–H groups in total. The Hall–Kier alpha value is -2.21. The predicted octanol–water partition coefficient (Wildman–Crippen LogP) is 3.54. The molecule has 0 saturated carbocycles. The van der Waals surface area contributed by atoms with Gasteiger partial charge >= 0.3 is 0 Å². The predicted molar refractivity (Wildman–Crippen MR) is 131 cm³/mol. The molecule has 1 aliphatic rings. The van der Waals surface area contributed by atoms with Crippen LogP contribution in [0.25, 0.3) is 11.4 Å². The minimum atomic E-state index is -3.62. The van der Waals surface area contributed by atoms with Gasteiger partial charge in [-0.25, -0.2) is 13.4 Å². The summed E-state index contributed by atoms with van der Waals surface area (Å²) in [6.07, 6.45) is 1.33. The van der Waals surface area contributed by atoms with E-state index in [1.165, 1.54) is 16.1 Å². The molecule has 0 radical (unpaired) electrons. The van der Waals surface area contributed by atoms with Gasteiger partial charge in [0.15, 0.2) is 5.82 Å². The van der Waals surface area contributed by atoms with Crippen molar-refractivity contribution >= 4 is 43.6 Å². The van der Waals surface area contributed by atoms with Crippen LogP contribution in [0.5, 0.6) is 0 Å². The number of thioether (sulfide) groups is 1. The first kappa shape index (κ1) is 23.9. The first-order valence-electron chi connectivity index (χ1n) is 10.6. The topological polar surface area (TPSA) is 108 Å². The zero-order valence-electron chi connectivity index (χ0n) is 17.8. The van der Waals surface area contributed by atoms with E-state index in [0.717, 1.165) is 10.0 Å². The second-order valence-electron chi connectivity index (χ2n) is 7.63. The van der Waals surface area contributed by atoms with Crippen molar-refractivity contribution in [3.8, 4) is 11.4 Å². The number of rotatable bonds is 8. The van der Waals surface area contributed by atoms with Crippen molar-refractivity contribution in [3.63, 3.8) is 0 Å². The lowest BCUT2D eigenvalue weighted by Crippen LogP contribution is -2.45. The second kappa shape index (κ2) is 10.8. The highest BCUT2D eigenvalue weighted by atomic mass is 79.9. The van der Waals surface area contributed by atoms with Crippen molar-refractivity contribution in [1.29, 1.82) is 0 Å². The molecule has 3 aromatic rings. The van der Waals surface area contributed by atoms with E-state index in [9.17, 15) is 13.2 Å². The summed E-state index contributed by atoms with van der Waals surface area (Å²) in [5, 5.41) is 10.7. The molecule has 2 heterocycles. The lowest BCUT2D eigenvalue weighted by Gasteiger charge is -2.31. The average molecular weight is 551 g/mol. The molecule has 1 amide bonds. The van der Waals surface area contributed by atoms with Gasteiger partial charge in [-0.3, -0.25) is 9.89 Å². The van der Waals surface area contributed by atoms with Gasteiger partial charge in [0.2, 0.25) is 21.1 Å². The van der Waals surface area contributed by atoms with Crippen LogP contribution in [0.3, 0.4) is 0 Å². The van der Waals surface area contributed by atoms with Gasteiger partial charge < -0.3 is 5.32 Å². The Balaban J connectivity index is 1.26. The van der Waals surface area contributed by atoms with Crippen LogP contribution in [-0.2, 0) is 14.8 Å². The molecule has 1 atom stereocenters. The highest BCUT2D eigenvalue weighted by molar-refractivity contribution is 9.10. The number of benzene rings is 2.